The zero-order valence-electron chi connectivity index (χ0n) is 10.0. The number of aliphatic hydroxyl groups excluding tert-OH is 1. The van der Waals surface area contributed by atoms with Crippen LogP contribution in [0.25, 0.3) is 0 Å². The number of rotatable bonds is 3. The van der Waals surface area contributed by atoms with E-state index in [1.54, 1.807) is 25.1 Å². The molecule has 0 aliphatic carbocycles. The first-order valence-electron chi connectivity index (χ1n) is 5.58. The van der Waals surface area contributed by atoms with E-state index in [2.05, 4.69) is 15.9 Å². The van der Waals surface area contributed by atoms with Gasteiger partial charge in [-0.3, -0.25) is 0 Å². The highest BCUT2D eigenvalue weighted by atomic mass is 79.9. The molecule has 0 aliphatic heterocycles. The fourth-order valence-electron chi connectivity index (χ4n) is 1.60. The Kier molecular flexibility index (Phi) is 4.60. The van der Waals surface area contributed by atoms with E-state index in [0.29, 0.717) is 4.90 Å². The average Bonchev–Trinajstić information content (AvgIpc) is 2.32. The first kappa shape index (κ1) is 14.5. The molecule has 19 heavy (non-hydrogen) atoms. The molecule has 0 fully saturated rings. The Bertz CT molecular complexity index is 602. The molecule has 0 heterocycles. The maximum absolute atomic E-state index is 13.5. The minimum atomic E-state index is -0.590. The molecule has 0 saturated heterocycles. The summed E-state index contributed by atoms with van der Waals surface area (Å²) in [7, 11) is 0. The Morgan fingerprint density at radius 1 is 1.16 bits per heavy atom. The second-order valence-corrected chi connectivity index (χ2v) is 6.01. The van der Waals surface area contributed by atoms with E-state index in [1.165, 1.54) is 23.9 Å². The summed E-state index contributed by atoms with van der Waals surface area (Å²) in [6.45, 7) is 1.67. The first-order valence-corrected chi connectivity index (χ1v) is 7.18. The van der Waals surface area contributed by atoms with Gasteiger partial charge in [-0.1, -0.05) is 33.8 Å². The van der Waals surface area contributed by atoms with Crippen molar-refractivity contribution in [2.75, 3.05) is 0 Å². The maximum Gasteiger partial charge on any atom is 0.140 e. The van der Waals surface area contributed by atoms with Crippen LogP contribution in [0.2, 0.25) is 0 Å². The van der Waals surface area contributed by atoms with Gasteiger partial charge in [-0.2, -0.15) is 0 Å². The van der Waals surface area contributed by atoms with Crippen LogP contribution in [0, 0.1) is 11.6 Å². The number of hydrogen-bond acceptors (Lipinski definition) is 2. The molecule has 5 heteroatoms. The number of hydrogen-bond donors (Lipinski definition) is 1. The van der Waals surface area contributed by atoms with Crippen LogP contribution in [-0.4, -0.2) is 5.11 Å². The van der Waals surface area contributed by atoms with Gasteiger partial charge >= 0.3 is 0 Å². The number of benzene rings is 2. The van der Waals surface area contributed by atoms with E-state index in [-0.39, 0.29) is 0 Å². The van der Waals surface area contributed by atoms with Gasteiger partial charge in [0.1, 0.15) is 11.6 Å². The third-order valence-electron chi connectivity index (χ3n) is 2.54. The highest BCUT2D eigenvalue weighted by Gasteiger charge is 2.09. The zero-order chi connectivity index (χ0) is 14.0. The highest BCUT2D eigenvalue weighted by Crippen LogP contribution is 2.34. The summed E-state index contributed by atoms with van der Waals surface area (Å²) in [6.07, 6.45) is -0.573. The van der Waals surface area contributed by atoms with Crippen molar-refractivity contribution in [1.29, 1.82) is 0 Å². The molecule has 2 aromatic carbocycles. The van der Waals surface area contributed by atoms with Crippen LogP contribution in [0.1, 0.15) is 18.6 Å². The van der Waals surface area contributed by atoms with Gasteiger partial charge in [-0.05, 0) is 36.8 Å². The van der Waals surface area contributed by atoms with Crippen molar-refractivity contribution in [1.82, 2.24) is 0 Å². The second kappa shape index (κ2) is 6.03. The minimum Gasteiger partial charge on any atom is -0.389 e. The van der Waals surface area contributed by atoms with Crippen LogP contribution in [-0.2, 0) is 0 Å². The summed E-state index contributed by atoms with van der Waals surface area (Å²) in [6, 6.07) is 8.87. The molecule has 0 bridgehead atoms. The topological polar surface area (TPSA) is 20.2 Å². The van der Waals surface area contributed by atoms with Crippen molar-refractivity contribution >= 4 is 27.7 Å². The van der Waals surface area contributed by atoms with Crippen LogP contribution < -0.4 is 0 Å². The molecule has 0 aliphatic rings. The average molecular weight is 345 g/mol. The zero-order valence-corrected chi connectivity index (χ0v) is 12.4. The predicted molar refractivity (Wildman–Crippen MR) is 75.3 cm³/mol. The Hall–Kier alpha value is -0.910. The second-order valence-electron chi connectivity index (χ2n) is 4.04. The number of aliphatic hydroxyl groups is 1. The van der Waals surface area contributed by atoms with Crippen LogP contribution in [0.4, 0.5) is 8.78 Å². The summed E-state index contributed by atoms with van der Waals surface area (Å²) >= 11 is 4.57. The monoisotopic (exact) mass is 344 g/mol. The van der Waals surface area contributed by atoms with Crippen LogP contribution in [0.3, 0.4) is 0 Å². The molecule has 0 spiro atoms. The predicted octanol–water partition coefficient (Wildman–Crippen LogP) is 4.93. The van der Waals surface area contributed by atoms with Crippen molar-refractivity contribution in [2.24, 2.45) is 0 Å². The fourth-order valence-corrected chi connectivity index (χ4v) is 3.32. The molecule has 1 nitrogen and oxygen atoms in total. The molecule has 0 aromatic heterocycles. The van der Waals surface area contributed by atoms with Crippen molar-refractivity contribution < 1.29 is 13.9 Å². The lowest BCUT2D eigenvalue weighted by atomic mass is 10.1. The first-order chi connectivity index (χ1) is 8.97. The molecular formula is C14H11BrF2OS. The Morgan fingerprint density at radius 3 is 2.47 bits per heavy atom. The van der Waals surface area contributed by atoms with Crippen LogP contribution >= 0.6 is 27.7 Å². The molecule has 1 N–H and O–H groups in total. The Balaban J connectivity index is 2.26. The highest BCUT2D eigenvalue weighted by molar-refractivity contribution is 9.10. The van der Waals surface area contributed by atoms with Gasteiger partial charge in [0.2, 0.25) is 0 Å². The van der Waals surface area contributed by atoms with Gasteiger partial charge in [0.05, 0.1) is 6.10 Å². The summed E-state index contributed by atoms with van der Waals surface area (Å²) in [5.41, 5.74) is 0.768. The molecule has 1 atom stereocenters. The van der Waals surface area contributed by atoms with E-state index in [4.69, 9.17) is 0 Å². The Morgan fingerprint density at radius 2 is 1.89 bits per heavy atom. The lowest BCUT2D eigenvalue weighted by Gasteiger charge is -2.09. The van der Waals surface area contributed by atoms with Crippen molar-refractivity contribution in [3.63, 3.8) is 0 Å². The minimum absolute atomic E-state index is 0.359. The van der Waals surface area contributed by atoms with E-state index >= 15 is 0 Å². The lowest BCUT2D eigenvalue weighted by Crippen LogP contribution is -1.92. The van der Waals surface area contributed by atoms with Gasteiger partial charge in [0, 0.05) is 20.3 Å². The lowest BCUT2D eigenvalue weighted by molar-refractivity contribution is 0.198. The van der Waals surface area contributed by atoms with Gasteiger partial charge in [0.15, 0.2) is 0 Å². The van der Waals surface area contributed by atoms with Gasteiger partial charge in [-0.15, -0.1) is 0 Å². The van der Waals surface area contributed by atoms with Crippen LogP contribution in [0.5, 0.6) is 0 Å². The van der Waals surface area contributed by atoms with E-state index in [1.807, 2.05) is 0 Å². The normalized spacial score (nSPS) is 12.5. The van der Waals surface area contributed by atoms with Crippen molar-refractivity contribution in [2.45, 2.75) is 22.8 Å². The van der Waals surface area contributed by atoms with Crippen LogP contribution in [0.15, 0.2) is 50.7 Å². The molecule has 2 rings (SSSR count). The molecule has 2 aromatic rings. The third-order valence-corrected chi connectivity index (χ3v) is 4.27. The van der Waals surface area contributed by atoms with Gasteiger partial charge in [-0.25, -0.2) is 8.78 Å². The van der Waals surface area contributed by atoms with Gasteiger partial charge in [0.25, 0.3) is 0 Å². The summed E-state index contributed by atoms with van der Waals surface area (Å²) in [5.74, 6) is -1.17. The molecule has 0 amide bonds. The fraction of sp³-hybridized carbons (Fsp3) is 0.143. The third kappa shape index (κ3) is 3.55. The molecule has 100 valence electrons. The van der Waals surface area contributed by atoms with Crippen molar-refractivity contribution in [3.8, 4) is 0 Å². The molecule has 0 radical (unpaired) electrons. The Labute approximate surface area is 122 Å². The quantitative estimate of drug-likeness (QED) is 0.851. The SMILES string of the molecule is C[C@H](O)c1ccc(Sc2ccc(F)cc2F)cc1Br. The molecular weight excluding hydrogens is 334 g/mol. The molecule has 0 saturated carbocycles. The van der Waals surface area contributed by atoms with E-state index in [9.17, 15) is 13.9 Å². The van der Waals surface area contributed by atoms with Gasteiger partial charge < -0.3 is 5.11 Å². The van der Waals surface area contributed by atoms with E-state index in [0.717, 1.165) is 21.0 Å². The molecule has 0 unspecified atom stereocenters. The summed E-state index contributed by atoms with van der Waals surface area (Å²) in [4.78, 5) is 1.17. The van der Waals surface area contributed by atoms with E-state index < -0.39 is 17.7 Å². The maximum atomic E-state index is 13.5. The summed E-state index contributed by atoms with van der Waals surface area (Å²) < 4.78 is 27.1. The smallest absolute Gasteiger partial charge is 0.140 e. The number of halogens is 3. The largest absolute Gasteiger partial charge is 0.389 e. The summed E-state index contributed by atoms with van der Waals surface area (Å²) in [5, 5.41) is 9.52. The van der Waals surface area contributed by atoms with Crippen molar-refractivity contribution in [3.05, 3.63) is 58.1 Å². The standard InChI is InChI=1S/C14H11BrF2OS/c1-8(18)11-4-3-10(7-12(11)15)19-14-5-2-9(16)6-13(14)17/h2-8,18H,1H3/t8-/m0/s1.